The molecule has 3 aliphatic rings. The highest BCUT2D eigenvalue weighted by molar-refractivity contribution is 6.62. The fourth-order valence-electron chi connectivity index (χ4n) is 5.66. The maximum atomic E-state index is 14.1. The molecule has 1 atom stereocenters. The molecule has 39 heavy (non-hydrogen) atoms. The van der Waals surface area contributed by atoms with Gasteiger partial charge in [-0.3, -0.25) is 4.79 Å². The smallest absolute Gasteiger partial charge is 0.494 e. The van der Waals surface area contributed by atoms with Crippen molar-refractivity contribution in [2.45, 2.75) is 64.4 Å². The van der Waals surface area contributed by atoms with Gasteiger partial charge in [-0.05, 0) is 57.8 Å². The maximum absolute atomic E-state index is 14.1. The van der Waals surface area contributed by atoms with Gasteiger partial charge in [0.05, 0.1) is 61.4 Å². The summed E-state index contributed by atoms with van der Waals surface area (Å²) in [6.07, 6.45) is 0.909. The molecule has 10 heteroatoms. The number of pyridine rings is 1. The zero-order chi connectivity index (χ0) is 27.5. The summed E-state index contributed by atoms with van der Waals surface area (Å²) in [5.41, 5.74) is 6.76. The first kappa shape index (κ1) is 26.2. The fraction of sp³-hybridized carbons (Fsp3) is 0.483. The summed E-state index contributed by atoms with van der Waals surface area (Å²) in [6.45, 7) is 10.3. The Labute approximate surface area is 229 Å². The van der Waals surface area contributed by atoms with Crippen LogP contribution in [-0.4, -0.2) is 56.4 Å². The summed E-state index contributed by atoms with van der Waals surface area (Å²) in [7, 11) is 2.71. The number of hydrogen-bond acceptors (Lipinski definition) is 8. The second kappa shape index (κ2) is 9.55. The zero-order valence-electron chi connectivity index (χ0n) is 23.5. The molecule has 0 bridgehead atoms. The summed E-state index contributed by atoms with van der Waals surface area (Å²) in [5, 5.41) is 3.13. The minimum absolute atomic E-state index is 0.0321. The number of benzene rings is 2. The summed E-state index contributed by atoms with van der Waals surface area (Å²) in [6, 6.07) is 12.0. The van der Waals surface area contributed by atoms with Crippen molar-refractivity contribution in [3.05, 3.63) is 57.9 Å². The number of ether oxygens (including phenoxy) is 3. The molecule has 3 aromatic rings. The van der Waals surface area contributed by atoms with Gasteiger partial charge in [-0.15, -0.1) is 0 Å². The number of nitrogens with zero attached hydrogens (tertiary/aromatic N) is 2. The second-order valence-corrected chi connectivity index (χ2v) is 11.5. The first-order chi connectivity index (χ1) is 18.6. The van der Waals surface area contributed by atoms with Crippen LogP contribution in [0.25, 0.3) is 10.9 Å². The molecule has 0 amide bonds. The summed E-state index contributed by atoms with van der Waals surface area (Å²) in [4.78, 5) is 14.1. The predicted octanol–water partition coefficient (Wildman–Crippen LogP) is 2.98. The number of hydrogen-bond donors (Lipinski definition) is 1. The van der Waals surface area contributed by atoms with Crippen LogP contribution in [0.1, 0.15) is 45.2 Å². The van der Waals surface area contributed by atoms with Crippen molar-refractivity contribution in [1.29, 1.82) is 0 Å². The van der Waals surface area contributed by atoms with Gasteiger partial charge in [0.1, 0.15) is 11.5 Å². The molecule has 4 heterocycles. The third kappa shape index (κ3) is 4.30. The van der Waals surface area contributed by atoms with Crippen LogP contribution in [0.3, 0.4) is 0 Å². The van der Waals surface area contributed by atoms with Crippen LogP contribution in [0.15, 0.2) is 41.2 Å². The molecule has 0 radical (unpaired) electrons. The first-order valence-electron chi connectivity index (χ1n) is 13.5. The van der Waals surface area contributed by atoms with E-state index in [2.05, 4.69) is 22.6 Å². The van der Waals surface area contributed by atoms with E-state index in [9.17, 15) is 4.79 Å². The quantitative estimate of drug-likeness (QED) is 0.485. The maximum Gasteiger partial charge on any atom is 0.494 e. The molecule has 206 valence electrons. The number of nitrogens with one attached hydrogen (secondary N) is 1. The summed E-state index contributed by atoms with van der Waals surface area (Å²) < 4.78 is 31.3. The number of methoxy groups -OCH3 is 2. The highest BCUT2D eigenvalue weighted by atomic mass is 16.7. The van der Waals surface area contributed by atoms with Gasteiger partial charge in [0.15, 0.2) is 0 Å². The average Bonchev–Trinajstić information content (AvgIpc) is 3.64. The Balaban J connectivity index is 1.52. The molecule has 6 rings (SSSR count). The second-order valence-electron chi connectivity index (χ2n) is 11.5. The van der Waals surface area contributed by atoms with E-state index < -0.39 is 18.3 Å². The fourth-order valence-corrected chi connectivity index (χ4v) is 5.66. The molecule has 2 saturated heterocycles. The topological polar surface area (TPSA) is 83.4 Å². The standard InChI is InChI=1S/C29H36BN3O6/c1-28(2)29(3,4)39-30(38-28)19-8-10-22-24(13-19)32(16-18-7-9-21(35-5)14-25(18)36-6)27(34)23-15-31-33(26(22)23)20-11-12-37-17-20/h7-10,13-14,20,31H,11-12,15-17H2,1-6H3. The molecule has 1 unspecified atom stereocenters. The van der Waals surface area contributed by atoms with Gasteiger partial charge in [-0.2, -0.15) is 0 Å². The Kier molecular flexibility index (Phi) is 6.41. The monoisotopic (exact) mass is 533 g/mol. The Morgan fingerprint density at radius 3 is 2.49 bits per heavy atom. The van der Waals surface area contributed by atoms with E-state index >= 15 is 0 Å². The zero-order valence-corrected chi connectivity index (χ0v) is 23.5. The molecule has 1 N–H and O–H groups in total. The van der Waals surface area contributed by atoms with Crippen LogP contribution in [0.2, 0.25) is 0 Å². The lowest BCUT2D eigenvalue weighted by atomic mass is 9.78. The molecule has 9 nitrogen and oxygen atoms in total. The molecule has 0 aliphatic carbocycles. The Hall–Kier alpha value is -3.05. The van der Waals surface area contributed by atoms with Gasteiger partial charge in [0.2, 0.25) is 0 Å². The van der Waals surface area contributed by atoms with E-state index in [0.29, 0.717) is 31.2 Å². The lowest BCUT2D eigenvalue weighted by Gasteiger charge is -2.32. The molecule has 3 aliphatic heterocycles. The van der Waals surface area contributed by atoms with E-state index in [1.54, 1.807) is 14.2 Å². The molecule has 1 aromatic heterocycles. The minimum Gasteiger partial charge on any atom is -0.497 e. The van der Waals surface area contributed by atoms with Gasteiger partial charge in [-0.25, -0.2) is 5.43 Å². The van der Waals surface area contributed by atoms with Gasteiger partial charge in [0, 0.05) is 30.2 Å². The van der Waals surface area contributed by atoms with Gasteiger partial charge >= 0.3 is 7.12 Å². The molecular formula is C29H36BN3O6. The lowest BCUT2D eigenvalue weighted by molar-refractivity contribution is 0.00578. The van der Waals surface area contributed by atoms with Crippen LogP contribution < -0.4 is 30.9 Å². The number of rotatable bonds is 6. The largest absolute Gasteiger partial charge is 0.497 e. The number of fused-ring (bicyclic) bond motifs is 3. The highest BCUT2D eigenvalue weighted by Gasteiger charge is 2.51. The van der Waals surface area contributed by atoms with Crippen molar-refractivity contribution < 1.29 is 23.5 Å². The van der Waals surface area contributed by atoms with E-state index in [1.807, 2.05) is 56.5 Å². The van der Waals surface area contributed by atoms with Crippen LogP contribution in [0.5, 0.6) is 11.5 Å². The number of aromatic nitrogens is 1. The predicted molar refractivity (Wildman–Crippen MR) is 151 cm³/mol. The lowest BCUT2D eigenvalue weighted by Crippen LogP contribution is -2.42. The highest BCUT2D eigenvalue weighted by Crippen LogP contribution is 2.38. The van der Waals surface area contributed by atoms with Crippen molar-refractivity contribution in [2.75, 3.05) is 32.4 Å². The van der Waals surface area contributed by atoms with E-state index in [4.69, 9.17) is 23.5 Å². The van der Waals surface area contributed by atoms with E-state index in [-0.39, 0.29) is 11.6 Å². The Morgan fingerprint density at radius 2 is 1.82 bits per heavy atom. The van der Waals surface area contributed by atoms with Crippen molar-refractivity contribution in [3.63, 3.8) is 0 Å². The van der Waals surface area contributed by atoms with Gasteiger partial charge in [-0.1, -0.05) is 12.1 Å². The van der Waals surface area contributed by atoms with E-state index in [0.717, 1.165) is 46.2 Å². The normalized spacial score (nSPS) is 21.5. The number of hydrazine groups is 1. The summed E-state index contributed by atoms with van der Waals surface area (Å²) >= 11 is 0. The van der Waals surface area contributed by atoms with E-state index in [1.165, 1.54) is 0 Å². The minimum atomic E-state index is -0.538. The molecule has 2 aromatic carbocycles. The molecule has 0 spiro atoms. The van der Waals surface area contributed by atoms with Crippen molar-refractivity contribution in [3.8, 4) is 11.5 Å². The van der Waals surface area contributed by atoms with Crippen molar-refractivity contribution in [2.24, 2.45) is 0 Å². The first-order valence-corrected chi connectivity index (χ1v) is 13.5. The third-order valence-corrected chi connectivity index (χ3v) is 8.64. The van der Waals surface area contributed by atoms with Crippen molar-refractivity contribution >= 4 is 29.2 Å². The third-order valence-electron chi connectivity index (χ3n) is 8.64. The van der Waals surface area contributed by atoms with Crippen LogP contribution >= 0.6 is 0 Å². The SMILES string of the molecule is COc1ccc(Cn2c(=O)c3c(c4ccc(B5OC(C)(C)C(C)(C)O5)cc42)N(C2CCOC2)NC3)c(OC)c1. The molecule has 2 fully saturated rings. The van der Waals surface area contributed by atoms with Crippen molar-refractivity contribution in [1.82, 2.24) is 9.99 Å². The molecular weight excluding hydrogens is 497 g/mol. The van der Waals surface area contributed by atoms with Crippen LogP contribution in [-0.2, 0) is 27.1 Å². The van der Waals surface area contributed by atoms with Crippen LogP contribution in [0, 0.1) is 0 Å². The Bertz CT molecular complexity index is 1460. The van der Waals surface area contributed by atoms with Crippen LogP contribution in [0.4, 0.5) is 5.69 Å². The van der Waals surface area contributed by atoms with Gasteiger partial charge < -0.3 is 33.1 Å². The van der Waals surface area contributed by atoms with Gasteiger partial charge in [0.25, 0.3) is 5.56 Å². The number of anilines is 1. The Morgan fingerprint density at radius 1 is 1.05 bits per heavy atom. The molecule has 0 saturated carbocycles. The average molecular weight is 533 g/mol. The summed E-state index contributed by atoms with van der Waals surface area (Å²) in [5.74, 6) is 1.36.